The number of benzene rings is 9. The van der Waals surface area contributed by atoms with Gasteiger partial charge in [0.05, 0.1) is 0 Å². The second-order valence-electron chi connectivity index (χ2n) is 14.7. The Hall–Kier alpha value is -7.89. The van der Waals surface area contributed by atoms with E-state index in [9.17, 15) is 0 Å². The normalized spacial score (nSPS) is 11.8. The van der Waals surface area contributed by atoms with Gasteiger partial charge < -0.3 is 8.83 Å². The number of hydrogen-bond donors (Lipinski definition) is 0. The number of fused-ring (bicyclic) bond motifs is 8. The van der Waals surface area contributed by atoms with Crippen LogP contribution in [0.2, 0.25) is 0 Å². The lowest BCUT2D eigenvalue weighted by atomic mass is 9.90. The number of furan rings is 2. The molecule has 0 aliphatic carbocycles. The van der Waals surface area contributed by atoms with Crippen molar-refractivity contribution in [2.75, 3.05) is 0 Å². The molecule has 0 radical (unpaired) electrons. The van der Waals surface area contributed by atoms with Gasteiger partial charge in [-0.15, -0.1) is 0 Å². The first-order valence-corrected chi connectivity index (χ1v) is 19.4. The Morgan fingerprint density at radius 1 is 0.293 bits per heavy atom. The third-order valence-electron chi connectivity index (χ3n) is 11.3. The fourth-order valence-electron chi connectivity index (χ4n) is 8.57. The first-order valence-electron chi connectivity index (χ1n) is 19.4. The van der Waals surface area contributed by atoms with E-state index in [4.69, 9.17) is 23.8 Å². The highest BCUT2D eigenvalue weighted by Gasteiger charge is 2.21. The largest absolute Gasteiger partial charge is 0.456 e. The van der Waals surface area contributed by atoms with Gasteiger partial charge >= 0.3 is 0 Å². The number of hydrogen-bond acceptors (Lipinski definition) is 5. The summed E-state index contributed by atoms with van der Waals surface area (Å²) in [5, 5.41) is 8.78. The van der Waals surface area contributed by atoms with Crippen molar-refractivity contribution in [2.45, 2.75) is 0 Å². The fraction of sp³-hybridized carbons (Fsp3) is 0. The Bertz CT molecular complexity index is 3570. The van der Waals surface area contributed by atoms with E-state index >= 15 is 0 Å². The minimum Gasteiger partial charge on any atom is -0.456 e. The maximum absolute atomic E-state index is 6.83. The van der Waals surface area contributed by atoms with Crippen molar-refractivity contribution in [1.82, 2.24) is 15.0 Å². The van der Waals surface area contributed by atoms with Crippen LogP contribution in [0.15, 0.2) is 197 Å². The molecular formula is C53H31N3O2. The van der Waals surface area contributed by atoms with Crippen molar-refractivity contribution in [1.29, 1.82) is 0 Å². The molecule has 9 aromatic carbocycles. The Morgan fingerprint density at radius 2 is 0.845 bits per heavy atom. The van der Waals surface area contributed by atoms with Gasteiger partial charge in [0.1, 0.15) is 22.3 Å². The summed E-state index contributed by atoms with van der Waals surface area (Å²) in [5.74, 6) is 1.78. The smallest absolute Gasteiger partial charge is 0.164 e. The Balaban J connectivity index is 1.08. The SMILES string of the molecule is c1ccc(-c2nc(-c3ccc4c(c3)oc3ccccc34)nc(-c3ccc(-c4ccc(-c5ccccc5)c5oc6cc7ccccc7cc6c45)c4ccccc34)n2)cc1. The fourth-order valence-corrected chi connectivity index (χ4v) is 8.57. The molecule has 5 nitrogen and oxygen atoms in total. The van der Waals surface area contributed by atoms with Gasteiger partial charge in [0.25, 0.3) is 0 Å². The second-order valence-corrected chi connectivity index (χ2v) is 14.7. The van der Waals surface area contributed by atoms with Crippen LogP contribution in [0.4, 0.5) is 0 Å². The summed E-state index contributed by atoms with van der Waals surface area (Å²) in [5.41, 5.74) is 10.5. The molecule has 0 atom stereocenters. The van der Waals surface area contributed by atoms with Crippen LogP contribution in [-0.4, -0.2) is 15.0 Å². The second kappa shape index (κ2) is 12.8. The molecule has 12 aromatic rings. The molecule has 0 saturated carbocycles. The summed E-state index contributed by atoms with van der Waals surface area (Å²) >= 11 is 0. The van der Waals surface area contributed by atoms with E-state index in [2.05, 4.69) is 127 Å². The molecule has 0 spiro atoms. The molecule has 58 heavy (non-hydrogen) atoms. The summed E-state index contributed by atoms with van der Waals surface area (Å²) in [4.78, 5) is 15.4. The van der Waals surface area contributed by atoms with Gasteiger partial charge in [0.2, 0.25) is 0 Å². The van der Waals surface area contributed by atoms with Crippen LogP contribution in [-0.2, 0) is 0 Å². The molecule has 3 heterocycles. The molecule has 0 bridgehead atoms. The van der Waals surface area contributed by atoms with Crippen molar-refractivity contribution >= 4 is 65.4 Å². The van der Waals surface area contributed by atoms with Crippen molar-refractivity contribution < 1.29 is 8.83 Å². The lowest BCUT2D eigenvalue weighted by molar-refractivity contribution is 0.669. The monoisotopic (exact) mass is 741 g/mol. The number of para-hydroxylation sites is 1. The van der Waals surface area contributed by atoms with E-state index in [0.717, 1.165) is 99.0 Å². The minimum atomic E-state index is 0.578. The van der Waals surface area contributed by atoms with Gasteiger partial charge in [-0.1, -0.05) is 146 Å². The maximum Gasteiger partial charge on any atom is 0.164 e. The van der Waals surface area contributed by atoms with Crippen LogP contribution in [0.5, 0.6) is 0 Å². The molecule has 0 saturated heterocycles. The Morgan fingerprint density at radius 3 is 1.64 bits per heavy atom. The lowest BCUT2D eigenvalue weighted by Crippen LogP contribution is -2.00. The highest BCUT2D eigenvalue weighted by molar-refractivity contribution is 6.21. The summed E-state index contributed by atoms with van der Waals surface area (Å²) in [6, 6.07) is 65.1. The average Bonchev–Trinajstić information content (AvgIpc) is 3.86. The number of aromatic nitrogens is 3. The molecule has 270 valence electrons. The summed E-state index contributed by atoms with van der Waals surface area (Å²) in [6.45, 7) is 0. The minimum absolute atomic E-state index is 0.578. The summed E-state index contributed by atoms with van der Waals surface area (Å²) in [7, 11) is 0. The van der Waals surface area contributed by atoms with Crippen molar-refractivity contribution in [2.24, 2.45) is 0 Å². The predicted molar refractivity (Wildman–Crippen MR) is 237 cm³/mol. The summed E-state index contributed by atoms with van der Waals surface area (Å²) < 4.78 is 13.1. The highest BCUT2D eigenvalue weighted by Crippen LogP contribution is 2.45. The van der Waals surface area contributed by atoms with Gasteiger partial charge in [-0.3, -0.25) is 0 Å². The van der Waals surface area contributed by atoms with E-state index in [-0.39, 0.29) is 0 Å². The zero-order valence-corrected chi connectivity index (χ0v) is 31.1. The van der Waals surface area contributed by atoms with Gasteiger partial charge in [-0.05, 0) is 80.7 Å². The van der Waals surface area contributed by atoms with Gasteiger partial charge in [0, 0.05) is 43.8 Å². The van der Waals surface area contributed by atoms with Crippen molar-refractivity contribution in [3.63, 3.8) is 0 Å². The van der Waals surface area contributed by atoms with Crippen LogP contribution >= 0.6 is 0 Å². The summed E-state index contributed by atoms with van der Waals surface area (Å²) in [6.07, 6.45) is 0. The van der Waals surface area contributed by atoms with E-state index in [1.165, 1.54) is 5.39 Å². The Kier molecular flexibility index (Phi) is 7.16. The third kappa shape index (κ3) is 5.14. The topological polar surface area (TPSA) is 65.0 Å². The molecular weight excluding hydrogens is 711 g/mol. The molecule has 3 aromatic heterocycles. The molecule has 12 rings (SSSR count). The van der Waals surface area contributed by atoms with Crippen LogP contribution < -0.4 is 0 Å². The predicted octanol–water partition coefficient (Wildman–Crippen LogP) is 14.3. The zero-order chi connectivity index (χ0) is 38.2. The standard InChI is InChI=1S/C53H31N3O2/c1-3-13-32(14-4-1)37-25-27-43(49-45-29-34-17-7-8-18-35(34)30-48(45)58-50(37)49)40-26-28-44(39-20-10-9-19-38(39)40)53-55-51(33-15-5-2-6-16-33)54-52(56-53)36-23-24-42-41-21-11-12-22-46(41)57-47(42)31-36/h1-31H. The number of rotatable bonds is 5. The van der Waals surface area contributed by atoms with Crippen molar-refractivity contribution in [3.05, 3.63) is 188 Å². The molecule has 0 amide bonds. The van der Waals surface area contributed by atoms with E-state index < -0.39 is 0 Å². The first kappa shape index (κ1) is 32.4. The molecule has 0 aliphatic rings. The first-order chi connectivity index (χ1) is 28.7. The zero-order valence-electron chi connectivity index (χ0n) is 31.1. The van der Waals surface area contributed by atoms with E-state index in [1.807, 2.05) is 60.7 Å². The van der Waals surface area contributed by atoms with Gasteiger partial charge in [-0.25, -0.2) is 15.0 Å². The highest BCUT2D eigenvalue weighted by atomic mass is 16.3. The molecule has 0 unspecified atom stereocenters. The quantitative estimate of drug-likeness (QED) is 0.176. The van der Waals surface area contributed by atoms with Crippen molar-refractivity contribution in [3.8, 4) is 56.4 Å². The molecule has 0 N–H and O–H groups in total. The van der Waals surface area contributed by atoms with Crippen LogP contribution in [0.3, 0.4) is 0 Å². The van der Waals surface area contributed by atoms with Gasteiger partial charge in [0.15, 0.2) is 17.5 Å². The molecule has 5 heteroatoms. The van der Waals surface area contributed by atoms with Gasteiger partial charge in [-0.2, -0.15) is 0 Å². The number of nitrogens with zero attached hydrogens (tertiary/aromatic N) is 3. The third-order valence-corrected chi connectivity index (χ3v) is 11.3. The lowest BCUT2D eigenvalue weighted by Gasteiger charge is -2.14. The van der Waals surface area contributed by atoms with Crippen LogP contribution in [0.25, 0.3) is 122 Å². The van der Waals surface area contributed by atoms with E-state index in [0.29, 0.717) is 17.5 Å². The Labute approximate surface area is 332 Å². The molecule has 0 aliphatic heterocycles. The average molecular weight is 742 g/mol. The van der Waals surface area contributed by atoms with Crippen LogP contribution in [0, 0.1) is 0 Å². The van der Waals surface area contributed by atoms with E-state index in [1.54, 1.807) is 0 Å². The maximum atomic E-state index is 6.83. The molecule has 0 fully saturated rings. The van der Waals surface area contributed by atoms with Crippen LogP contribution in [0.1, 0.15) is 0 Å².